The standard InChI is InChI=1S/C9H12N2O/c1-4-7(2)11-8-5-6-12-9(8)10-3/h5-6H,3-4H2,1-2H3/b11-7-. The molecule has 0 N–H and O–H groups in total. The first kappa shape index (κ1) is 8.71. The van der Waals surface area contributed by atoms with E-state index < -0.39 is 0 Å². The van der Waals surface area contributed by atoms with Gasteiger partial charge in [-0.2, -0.15) is 0 Å². The Bertz CT molecular complexity index is 299. The molecule has 12 heavy (non-hydrogen) atoms. The Morgan fingerprint density at radius 2 is 2.42 bits per heavy atom. The van der Waals surface area contributed by atoms with E-state index in [1.807, 2.05) is 6.92 Å². The molecule has 0 atom stereocenters. The number of rotatable bonds is 3. The van der Waals surface area contributed by atoms with Crippen molar-refractivity contribution in [2.75, 3.05) is 0 Å². The first-order chi connectivity index (χ1) is 5.77. The highest BCUT2D eigenvalue weighted by Crippen LogP contribution is 2.28. The number of nitrogens with zero attached hydrogens (tertiary/aromatic N) is 2. The minimum atomic E-state index is 0.489. The van der Waals surface area contributed by atoms with Crippen LogP contribution >= 0.6 is 0 Å². The van der Waals surface area contributed by atoms with Gasteiger partial charge >= 0.3 is 0 Å². The Hall–Kier alpha value is -1.38. The van der Waals surface area contributed by atoms with Gasteiger partial charge in [0, 0.05) is 11.8 Å². The SMILES string of the molecule is C=Nc1occc1/N=C(/C)CC. The lowest BCUT2D eigenvalue weighted by Crippen LogP contribution is -1.83. The third-order valence-electron chi connectivity index (χ3n) is 1.59. The van der Waals surface area contributed by atoms with Crippen LogP contribution in [0, 0.1) is 0 Å². The molecule has 0 aliphatic carbocycles. The fraction of sp³-hybridized carbons (Fsp3) is 0.333. The number of hydrogen-bond donors (Lipinski definition) is 0. The van der Waals surface area contributed by atoms with Crippen LogP contribution in [0.25, 0.3) is 0 Å². The smallest absolute Gasteiger partial charge is 0.244 e. The maximum Gasteiger partial charge on any atom is 0.244 e. The molecular formula is C9H12N2O. The summed E-state index contributed by atoms with van der Waals surface area (Å²) in [5.41, 5.74) is 1.81. The molecule has 0 unspecified atom stereocenters. The Morgan fingerprint density at radius 1 is 1.67 bits per heavy atom. The summed E-state index contributed by atoms with van der Waals surface area (Å²) in [6.07, 6.45) is 2.49. The molecule has 0 amide bonds. The highest BCUT2D eigenvalue weighted by atomic mass is 16.3. The summed E-state index contributed by atoms with van der Waals surface area (Å²) < 4.78 is 5.02. The molecule has 3 heteroatoms. The summed E-state index contributed by atoms with van der Waals surface area (Å²) >= 11 is 0. The van der Waals surface area contributed by atoms with Crippen molar-refractivity contribution < 1.29 is 4.42 Å². The van der Waals surface area contributed by atoms with Crippen LogP contribution in [0.15, 0.2) is 26.7 Å². The molecule has 3 nitrogen and oxygen atoms in total. The molecule has 0 radical (unpaired) electrons. The van der Waals surface area contributed by atoms with Crippen molar-refractivity contribution >= 4 is 24.0 Å². The summed E-state index contributed by atoms with van der Waals surface area (Å²) in [5, 5.41) is 0. The second-order valence-electron chi connectivity index (χ2n) is 2.47. The number of furan rings is 1. The molecule has 0 spiro atoms. The predicted molar refractivity (Wildman–Crippen MR) is 51.0 cm³/mol. The Balaban J connectivity index is 2.95. The Morgan fingerprint density at radius 3 is 3.00 bits per heavy atom. The molecule has 0 saturated carbocycles. The molecule has 0 aliphatic rings. The number of aliphatic imine (C=N–C) groups is 2. The maximum atomic E-state index is 5.02. The summed E-state index contributed by atoms with van der Waals surface area (Å²) in [7, 11) is 0. The van der Waals surface area contributed by atoms with Gasteiger partial charge in [0.15, 0.2) is 0 Å². The quantitative estimate of drug-likeness (QED) is 0.632. The molecule has 0 fully saturated rings. The Labute approximate surface area is 71.8 Å². The third-order valence-corrected chi connectivity index (χ3v) is 1.59. The van der Waals surface area contributed by atoms with Crippen LogP contribution in [0.2, 0.25) is 0 Å². The van der Waals surface area contributed by atoms with Crippen molar-refractivity contribution in [1.82, 2.24) is 0 Å². The highest BCUT2D eigenvalue weighted by molar-refractivity contribution is 5.85. The largest absolute Gasteiger partial charge is 0.445 e. The molecule has 1 heterocycles. The van der Waals surface area contributed by atoms with Crippen LogP contribution in [0.3, 0.4) is 0 Å². The van der Waals surface area contributed by atoms with Gasteiger partial charge < -0.3 is 4.42 Å². The van der Waals surface area contributed by atoms with E-state index in [1.165, 1.54) is 0 Å². The first-order valence-electron chi connectivity index (χ1n) is 3.86. The normalized spacial score (nSPS) is 11.7. The highest BCUT2D eigenvalue weighted by Gasteiger charge is 2.01. The van der Waals surface area contributed by atoms with Gasteiger partial charge in [0.25, 0.3) is 0 Å². The minimum Gasteiger partial charge on any atom is -0.445 e. The molecule has 0 bridgehead atoms. The van der Waals surface area contributed by atoms with Crippen molar-refractivity contribution in [2.24, 2.45) is 9.98 Å². The van der Waals surface area contributed by atoms with E-state index in [0.29, 0.717) is 5.88 Å². The average Bonchev–Trinajstić information content (AvgIpc) is 2.51. The van der Waals surface area contributed by atoms with Crippen LogP contribution in [0.1, 0.15) is 20.3 Å². The molecule has 1 aromatic heterocycles. The van der Waals surface area contributed by atoms with E-state index in [0.717, 1.165) is 17.8 Å². The molecule has 0 aromatic carbocycles. The second kappa shape index (κ2) is 3.85. The van der Waals surface area contributed by atoms with Crippen LogP contribution in [-0.4, -0.2) is 12.4 Å². The van der Waals surface area contributed by atoms with Crippen molar-refractivity contribution in [3.05, 3.63) is 12.3 Å². The van der Waals surface area contributed by atoms with Crippen molar-refractivity contribution in [1.29, 1.82) is 0 Å². The summed E-state index contributed by atoms with van der Waals surface area (Å²) in [5.74, 6) is 0.489. The van der Waals surface area contributed by atoms with Crippen molar-refractivity contribution in [2.45, 2.75) is 20.3 Å². The molecule has 64 valence electrons. The molecule has 1 rings (SSSR count). The molecule has 0 aliphatic heterocycles. The van der Waals surface area contributed by atoms with Gasteiger partial charge in [-0.1, -0.05) is 6.92 Å². The van der Waals surface area contributed by atoms with Gasteiger partial charge in [0.1, 0.15) is 5.69 Å². The molecule has 1 aromatic rings. The molecular weight excluding hydrogens is 152 g/mol. The van der Waals surface area contributed by atoms with E-state index in [2.05, 4.69) is 23.6 Å². The zero-order chi connectivity index (χ0) is 8.97. The van der Waals surface area contributed by atoms with Crippen LogP contribution in [-0.2, 0) is 0 Å². The monoisotopic (exact) mass is 164 g/mol. The van der Waals surface area contributed by atoms with Crippen molar-refractivity contribution in [3.8, 4) is 0 Å². The van der Waals surface area contributed by atoms with Gasteiger partial charge in [0.05, 0.1) is 6.26 Å². The zero-order valence-electron chi connectivity index (χ0n) is 7.37. The van der Waals surface area contributed by atoms with Gasteiger partial charge in [-0.25, -0.2) is 4.99 Å². The van der Waals surface area contributed by atoms with Gasteiger partial charge in [-0.15, -0.1) is 0 Å². The van der Waals surface area contributed by atoms with Gasteiger partial charge in [-0.05, 0) is 20.1 Å². The van der Waals surface area contributed by atoms with Crippen LogP contribution < -0.4 is 0 Å². The Kier molecular flexibility index (Phi) is 2.80. The van der Waals surface area contributed by atoms with Crippen LogP contribution in [0.5, 0.6) is 0 Å². The lowest BCUT2D eigenvalue weighted by molar-refractivity contribution is 0.579. The third kappa shape index (κ3) is 1.81. The fourth-order valence-electron chi connectivity index (χ4n) is 0.783. The van der Waals surface area contributed by atoms with E-state index in [-0.39, 0.29) is 0 Å². The van der Waals surface area contributed by atoms with Crippen LogP contribution in [0.4, 0.5) is 11.6 Å². The first-order valence-corrected chi connectivity index (χ1v) is 3.86. The van der Waals surface area contributed by atoms with Gasteiger partial charge in [0.2, 0.25) is 5.88 Å². The van der Waals surface area contributed by atoms with E-state index in [9.17, 15) is 0 Å². The van der Waals surface area contributed by atoms with E-state index in [4.69, 9.17) is 4.42 Å². The topological polar surface area (TPSA) is 37.9 Å². The summed E-state index contributed by atoms with van der Waals surface area (Å²) in [4.78, 5) is 7.99. The lowest BCUT2D eigenvalue weighted by atomic mass is 10.3. The lowest BCUT2D eigenvalue weighted by Gasteiger charge is -1.92. The maximum absolute atomic E-state index is 5.02. The molecule has 0 saturated heterocycles. The van der Waals surface area contributed by atoms with Crippen molar-refractivity contribution in [3.63, 3.8) is 0 Å². The summed E-state index contributed by atoms with van der Waals surface area (Å²) in [6.45, 7) is 7.41. The fourth-order valence-corrected chi connectivity index (χ4v) is 0.783. The average molecular weight is 164 g/mol. The van der Waals surface area contributed by atoms with E-state index in [1.54, 1.807) is 12.3 Å². The summed E-state index contributed by atoms with van der Waals surface area (Å²) in [6, 6.07) is 1.78. The second-order valence-corrected chi connectivity index (χ2v) is 2.47. The number of hydrogen-bond acceptors (Lipinski definition) is 3. The van der Waals surface area contributed by atoms with E-state index >= 15 is 0 Å². The zero-order valence-corrected chi connectivity index (χ0v) is 7.37. The predicted octanol–water partition coefficient (Wildman–Crippen LogP) is 3.11. The minimum absolute atomic E-state index is 0.489. The van der Waals surface area contributed by atoms with Gasteiger partial charge in [-0.3, -0.25) is 4.99 Å².